The number of nitrogens with one attached hydrogen (secondary N) is 1. The smallest absolute Gasteiger partial charge is 0.213 e. The molecule has 5 heteroatoms. The third-order valence-electron chi connectivity index (χ3n) is 4.89. The average Bonchev–Trinajstić information content (AvgIpc) is 3.02. The fraction of sp³-hybridized carbons (Fsp3) is 0.579. The van der Waals surface area contributed by atoms with Crippen LogP contribution in [0.2, 0.25) is 0 Å². The first-order chi connectivity index (χ1) is 11.6. The summed E-state index contributed by atoms with van der Waals surface area (Å²) in [6.45, 7) is 5.26. The van der Waals surface area contributed by atoms with E-state index in [1.54, 1.807) is 0 Å². The molecular formula is C19H28N4O. The van der Waals surface area contributed by atoms with Crippen LogP contribution in [0.5, 0.6) is 5.88 Å². The van der Waals surface area contributed by atoms with E-state index >= 15 is 0 Å². The molecule has 0 amide bonds. The van der Waals surface area contributed by atoms with E-state index in [0.29, 0.717) is 6.10 Å². The Hall–Kier alpha value is -1.88. The first-order valence-corrected chi connectivity index (χ1v) is 8.93. The number of hydrogen-bond acceptors (Lipinski definition) is 4. The molecule has 1 saturated carbocycles. The quantitative estimate of drug-likeness (QED) is 0.880. The SMILES string of the molecule is CC1CCC(Oc2cc(CN[C@H](C)c3cnn(C)c3)ccn2)CC1. The third-order valence-corrected chi connectivity index (χ3v) is 4.89. The van der Waals surface area contributed by atoms with E-state index in [1.807, 2.05) is 36.4 Å². The Morgan fingerprint density at radius 3 is 2.83 bits per heavy atom. The van der Waals surface area contributed by atoms with Crippen molar-refractivity contribution in [2.75, 3.05) is 0 Å². The van der Waals surface area contributed by atoms with E-state index in [4.69, 9.17) is 4.74 Å². The zero-order chi connectivity index (χ0) is 16.9. The number of rotatable bonds is 6. The lowest BCUT2D eigenvalue weighted by Gasteiger charge is -2.26. The average molecular weight is 328 g/mol. The van der Waals surface area contributed by atoms with Crippen molar-refractivity contribution in [3.63, 3.8) is 0 Å². The summed E-state index contributed by atoms with van der Waals surface area (Å²) in [5, 5.41) is 7.75. The maximum absolute atomic E-state index is 6.09. The fourth-order valence-electron chi connectivity index (χ4n) is 3.20. The fourth-order valence-corrected chi connectivity index (χ4v) is 3.20. The predicted molar refractivity (Wildman–Crippen MR) is 94.7 cm³/mol. The lowest BCUT2D eigenvalue weighted by molar-refractivity contribution is 0.130. The maximum Gasteiger partial charge on any atom is 0.213 e. The minimum atomic E-state index is 0.260. The molecule has 2 aromatic heterocycles. The van der Waals surface area contributed by atoms with Crippen LogP contribution in [0.4, 0.5) is 0 Å². The van der Waals surface area contributed by atoms with Gasteiger partial charge in [-0.2, -0.15) is 5.10 Å². The van der Waals surface area contributed by atoms with Crippen LogP contribution < -0.4 is 10.1 Å². The number of pyridine rings is 1. The van der Waals surface area contributed by atoms with Crippen molar-refractivity contribution >= 4 is 0 Å². The third kappa shape index (κ3) is 4.57. The van der Waals surface area contributed by atoms with E-state index in [2.05, 4.69) is 35.3 Å². The van der Waals surface area contributed by atoms with E-state index in [0.717, 1.165) is 31.2 Å². The lowest BCUT2D eigenvalue weighted by Crippen LogP contribution is -2.23. The van der Waals surface area contributed by atoms with Gasteiger partial charge in [-0.1, -0.05) is 6.92 Å². The molecule has 130 valence electrons. The van der Waals surface area contributed by atoms with Gasteiger partial charge in [-0.05, 0) is 50.2 Å². The predicted octanol–water partition coefficient (Wildman–Crippen LogP) is 3.62. The number of hydrogen-bond donors (Lipinski definition) is 1. The van der Waals surface area contributed by atoms with E-state index in [-0.39, 0.29) is 6.04 Å². The Bertz CT molecular complexity index is 646. The van der Waals surface area contributed by atoms with Crippen LogP contribution in [0, 0.1) is 5.92 Å². The molecule has 0 radical (unpaired) electrons. The largest absolute Gasteiger partial charge is 0.474 e. The van der Waals surface area contributed by atoms with Crippen molar-refractivity contribution in [3.8, 4) is 5.88 Å². The highest BCUT2D eigenvalue weighted by atomic mass is 16.5. The molecule has 1 atom stereocenters. The summed E-state index contributed by atoms with van der Waals surface area (Å²) < 4.78 is 7.92. The number of nitrogens with zero attached hydrogens (tertiary/aromatic N) is 3. The second-order valence-corrected chi connectivity index (χ2v) is 7.05. The second kappa shape index (κ2) is 7.79. The van der Waals surface area contributed by atoms with Crippen LogP contribution >= 0.6 is 0 Å². The molecule has 0 spiro atoms. The monoisotopic (exact) mass is 328 g/mol. The molecule has 1 N–H and O–H groups in total. The molecule has 0 unspecified atom stereocenters. The summed E-state index contributed by atoms with van der Waals surface area (Å²) >= 11 is 0. The van der Waals surface area contributed by atoms with Gasteiger partial charge in [-0.3, -0.25) is 4.68 Å². The first kappa shape index (κ1) is 17.0. The van der Waals surface area contributed by atoms with Crippen molar-refractivity contribution in [1.29, 1.82) is 0 Å². The van der Waals surface area contributed by atoms with Crippen molar-refractivity contribution in [2.24, 2.45) is 13.0 Å². The molecule has 2 aromatic rings. The summed E-state index contributed by atoms with van der Waals surface area (Å²) in [4.78, 5) is 4.38. The van der Waals surface area contributed by atoms with E-state index in [9.17, 15) is 0 Å². The van der Waals surface area contributed by atoms with Gasteiger partial charge in [0.1, 0.15) is 6.10 Å². The van der Waals surface area contributed by atoms with E-state index < -0.39 is 0 Å². The highest BCUT2D eigenvalue weighted by molar-refractivity contribution is 5.21. The summed E-state index contributed by atoms with van der Waals surface area (Å²) in [7, 11) is 1.94. The molecule has 0 aromatic carbocycles. The van der Waals surface area contributed by atoms with Gasteiger partial charge in [-0.25, -0.2) is 4.98 Å². The standard InChI is InChI=1S/C19H28N4O/c1-14-4-6-18(7-5-14)24-19-10-16(8-9-20-19)11-21-15(2)17-12-22-23(3)13-17/h8-10,12-15,18,21H,4-7,11H2,1-3H3/t14?,15-,18?/m1/s1. The number of aromatic nitrogens is 3. The lowest BCUT2D eigenvalue weighted by atomic mass is 9.89. The van der Waals surface area contributed by atoms with Crippen molar-refractivity contribution < 1.29 is 4.74 Å². The van der Waals surface area contributed by atoms with Crippen LogP contribution in [0.3, 0.4) is 0 Å². The minimum Gasteiger partial charge on any atom is -0.474 e. The van der Waals surface area contributed by atoms with Crippen LogP contribution in [0.25, 0.3) is 0 Å². The van der Waals surface area contributed by atoms with Gasteiger partial charge in [0.2, 0.25) is 5.88 Å². The Morgan fingerprint density at radius 1 is 1.33 bits per heavy atom. The van der Waals surface area contributed by atoms with Crippen molar-refractivity contribution in [1.82, 2.24) is 20.1 Å². The molecule has 2 heterocycles. The Kier molecular flexibility index (Phi) is 5.51. The van der Waals surface area contributed by atoms with Gasteiger partial charge in [-0.15, -0.1) is 0 Å². The molecule has 3 rings (SSSR count). The van der Waals surface area contributed by atoms with Gasteiger partial charge in [0, 0.05) is 43.7 Å². The van der Waals surface area contributed by atoms with Gasteiger partial charge in [0.25, 0.3) is 0 Å². The Morgan fingerprint density at radius 2 is 2.12 bits per heavy atom. The zero-order valence-electron chi connectivity index (χ0n) is 14.9. The van der Waals surface area contributed by atoms with Crippen molar-refractivity contribution in [3.05, 3.63) is 41.9 Å². The molecule has 0 bridgehead atoms. The topological polar surface area (TPSA) is 52.0 Å². The molecule has 0 aliphatic heterocycles. The van der Waals surface area contributed by atoms with Gasteiger partial charge < -0.3 is 10.1 Å². The van der Waals surface area contributed by atoms with Crippen LogP contribution in [0.15, 0.2) is 30.7 Å². The Balaban J connectivity index is 1.53. The van der Waals surface area contributed by atoms with Gasteiger partial charge >= 0.3 is 0 Å². The number of aryl methyl sites for hydroxylation is 1. The Labute approximate surface area is 144 Å². The molecule has 1 aliphatic carbocycles. The molecule has 5 nitrogen and oxygen atoms in total. The van der Waals surface area contributed by atoms with Gasteiger partial charge in [0.05, 0.1) is 6.20 Å². The molecule has 1 fully saturated rings. The molecular weight excluding hydrogens is 300 g/mol. The summed E-state index contributed by atoms with van der Waals surface area (Å²) in [6.07, 6.45) is 10.9. The highest BCUT2D eigenvalue weighted by Crippen LogP contribution is 2.26. The molecule has 1 aliphatic rings. The van der Waals surface area contributed by atoms with Gasteiger partial charge in [0.15, 0.2) is 0 Å². The summed E-state index contributed by atoms with van der Waals surface area (Å²) in [6, 6.07) is 4.36. The van der Waals surface area contributed by atoms with Crippen molar-refractivity contribution in [2.45, 2.75) is 58.2 Å². The zero-order valence-corrected chi connectivity index (χ0v) is 14.9. The van der Waals surface area contributed by atoms with Crippen LogP contribution in [0.1, 0.15) is 56.7 Å². The number of ether oxygens (including phenoxy) is 1. The molecule has 0 saturated heterocycles. The summed E-state index contributed by atoms with van der Waals surface area (Å²) in [5.41, 5.74) is 2.39. The minimum absolute atomic E-state index is 0.260. The van der Waals surface area contributed by atoms with Crippen LogP contribution in [-0.4, -0.2) is 20.9 Å². The highest BCUT2D eigenvalue weighted by Gasteiger charge is 2.20. The summed E-state index contributed by atoms with van der Waals surface area (Å²) in [5.74, 6) is 1.59. The van der Waals surface area contributed by atoms with E-state index in [1.165, 1.54) is 24.0 Å². The second-order valence-electron chi connectivity index (χ2n) is 7.05. The molecule has 24 heavy (non-hydrogen) atoms. The first-order valence-electron chi connectivity index (χ1n) is 8.93. The van der Waals surface area contributed by atoms with Crippen LogP contribution in [-0.2, 0) is 13.6 Å². The maximum atomic E-state index is 6.09. The normalized spacial score (nSPS) is 22.3.